The van der Waals surface area contributed by atoms with Gasteiger partial charge in [-0.25, -0.2) is 0 Å². The molecule has 1 aliphatic heterocycles. The molecule has 4 fully saturated rings. The van der Waals surface area contributed by atoms with Crippen molar-refractivity contribution in [3.05, 3.63) is 47.2 Å². The van der Waals surface area contributed by atoms with E-state index in [1.54, 1.807) is 11.1 Å². The zero-order valence-electron chi connectivity index (χ0n) is 29.6. The fourth-order valence-corrected chi connectivity index (χ4v) is 13.5. The molecule has 1 aromatic carbocycles. The van der Waals surface area contributed by atoms with Crippen molar-refractivity contribution in [1.82, 2.24) is 14.8 Å². The number of nitrogens with one attached hydrogen (secondary N) is 1. The van der Waals surface area contributed by atoms with Gasteiger partial charge in [0, 0.05) is 48.2 Å². The number of para-hydroxylation sites is 1. The van der Waals surface area contributed by atoms with Gasteiger partial charge in [-0.3, -0.25) is 4.79 Å². The van der Waals surface area contributed by atoms with E-state index in [-0.39, 0.29) is 27.1 Å². The molecule has 9 atom stereocenters. The van der Waals surface area contributed by atoms with Crippen LogP contribution in [0.2, 0.25) is 0 Å². The predicted octanol–water partition coefficient (Wildman–Crippen LogP) is 8.61. The van der Waals surface area contributed by atoms with Crippen molar-refractivity contribution in [2.24, 2.45) is 51.2 Å². The number of amides is 1. The average molecular weight is 610 g/mol. The molecule has 5 aliphatic carbocycles. The number of hydrogen-bond donors (Lipinski definition) is 1. The summed E-state index contributed by atoms with van der Waals surface area (Å²) < 4.78 is 0. The Morgan fingerprint density at radius 2 is 1.62 bits per heavy atom. The van der Waals surface area contributed by atoms with Crippen LogP contribution in [0.5, 0.6) is 0 Å². The third-order valence-corrected chi connectivity index (χ3v) is 16.4. The molecule has 0 unspecified atom stereocenters. The molecule has 1 aromatic heterocycles. The average Bonchev–Trinajstić information content (AvgIpc) is 3.38. The lowest BCUT2D eigenvalue weighted by Gasteiger charge is -2.71. The first-order valence-electron chi connectivity index (χ1n) is 18.6. The quantitative estimate of drug-likeness (QED) is 0.329. The Kier molecular flexibility index (Phi) is 6.55. The predicted molar refractivity (Wildman–Crippen MR) is 185 cm³/mol. The van der Waals surface area contributed by atoms with E-state index in [9.17, 15) is 4.79 Å². The van der Waals surface area contributed by atoms with Crippen LogP contribution < -0.4 is 0 Å². The summed E-state index contributed by atoms with van der Waals surface area (Å²) in [6, 6.07) is 9.04. The molecule has 2 heterocycles. The zero-order chi connectivity index (χ0) is 31.7. The van der Waals surface area contributed by atoms with Gasteiger partial charge in [-0.1, -0.05) is 78.3 Å². The molecular weight excluding hydrogens is 550 g/mol. The number of carbonyl (C=O) groups excluding carboxylic acids is 1. The lowest BCUT2D eigenvalue weighted by Crippen LogP contribution is -2.66. The normalized spacial score (nSPS) is 44.2. The summed E-state index contributed by atoms with van der Waals surface area (Å²) in [5.74, 6) is 3.43. The Balaban J connectivity index is 1.22. The molecule has 1 N–H and O–H groups in total. The van der Waals surface area contributed by atoms with E-state index >= 15 is 0 Å². The minimum Gasteiger partial charge on any atom is -0.358 e. The second kappa shape index (κ2) is 9.74. The van der Waals surface area contributed by atoms with Crippen molar-refractivity contribution in [3.8, 4) is 0 Å². The number of hydrogen-bond acceptors (Lipinski definition) is 2. The number of rotatable bonds is 1. The van der Waals surface area contributed by atoms with E-state index in [4.69, 9.17) is 0 Å². The lowest BCUT2D eigenvalue weighted by molar-refractivity contribution is -0.175. The van der Waals surface area contributed by atoms with E-state index in [1.807, 2.05) is 0 Å². The van der Waals surface area contributed by atoms with Crippen molar-refractivity contribution in [2.75, 3.05) is 33.2 Å². The van der Waals surface area contributed by atoms with Crippen LogP contribution >= 0.6 is 0 Å². The van der Waals surface area contributed by atoms with Gasteiger partial charge in [0.2, 0.25) is 5.91 Å². The number of benzene rings is 1. The van der Waals surface area contributed by atoms with Gasteiger partial charge in [0.05, 0.1) is 5.41 Å². The molecule has 2 aromatic rings. The van der Waals surface area contributed by atoms with E-state index in [0.717, 1.165) is 39.0 Å². The minimum absolute atomic E-state index is 0.123. The van der Waals surface area contributed by atoms with Crippen LogP contribution in [-0.2, 0) is 16.6 Å². The lowest BCUT2D eigenvalue weighted by atomic mass is 9.33. The third kappa shape index (κ3) is 3.78. The number of carbonyl (C=O) groups is 1. The highest BCUT2D eigenvalue weighted by Gasteiger charge is 2.69. The third-order valence-electron chi connectivity index (χ3n) is 16.4. The maximum absolute atomic E-state index is 14.8. The fourth-order valence-electron chi connectivity index (χ4n) is 13.5. The van der Waals surface area contributed by atoms with Crippen molar-refractivity contribution in [2.45, 2.75) is 105 Å². The summed E-state index contributed by atoms with van der Waals surface area (Å²) in [5, 5.41) is 1.45. The second-order valence-electron chi connectivity index (χ2n) is 18.3. The van der Waals surface area contributed by atoms with Gasteiger partial charge in [-0.2, -0.15) is 0 Å². The van der Waals surface area contributed by atoms with Crippen LogP contribution in [0.4, 0.5) is 0 Å². The molecule has 8 rings (SSSR count). The van der Waals surface area contributed by atoms with Gasteiger partial charge < -0.3 is 14.8 Å². The van der Waals surface area contributed by atoms with E-state index in [0.29, 0.717) is 35.5 Å². The molecule has 6 aliphatic rings. The largest absolute Gasteiger partial charge is 0.358 e. The smallest absolute Gasteiger partial charge is 0.229 e. The standard InChI is InChI=1S/C41H59N3O/c1-26-15-18-41(36(45)44-23-21-43(8)22-24-44)20-19-39(6)30(34(41)27(26)2)13-14-33-38(5)25-29-28-11-9-10-12-31(28)42-35(29)37(3,4)32(38)16-17-40(33,39)7/h9-13,26-27,32-34,42H,14-25H2,1-8H3/t26-,27+,32+,33-,34-,38+,39-,40-,41+/m1/s1. The minimum atomic E-state index is -0.205. The summed E-state index contributed by atoms with van der Waals surface area (Å²) in [7, 11) is 2.20. The van der Waals surface area contributed by atoms with Gasteiger partial charge >= 0.3 is 0 Å². The number of aromatic amines is 1. The number of fused-ring (bicyclic) bond motifs is 10. The van der Waals surface area contributed by atoms with Crippen LogP contribution in [0.1, 0.15) is 105 Å². The zero-order valence-corrected chi connectivity index (χ0v) is 29.6. The van der Waals surface area contributed by atoms with Gasteiger partial charge in [-0.15, -0.1) is 0 Å². The summed E-state index contributed by atoms with van der Waals surface area (Å²) in [6.07, 6.45) is 12.3. The molecule has 3 saturated carbocycles. The number of piperazine rings is 1. The molecule has 244 valence electrons. The van der Waals surface area contributed by atoms with Crippen molar-refractivity contribution >= 4 is 16.8 Å². The molecule has 45 heavy (non-hydrogen) atoms. The number of likely N-dealkylation sites (N-methyl/N-ethyl adjacent to an activating group) is 1. The highest BCUT2D eigenvalue weighted by molar-refractivity contribution is 5.86. The van der Waals surface area contributed by atoms with Crippen molar-refractivity contribution in [3.63, 3.8) is 0 Å². The van der Waals surface area contributed by atoms with Gasteiger partial charge in [0.25, 0.3) is 0 Å². The number of allylic oxidation sites excluding steroid dienone is 2. The number of nitrogens with zero attached hydrogens (tertiary/aromatic N) is 2. The summed E-state index contributed by atoms with van der Waals surface area (Å²) in [6.45, 7) is 22.0. The van der Waals surface area contributed by atoms with Crippen LogP contribution in [0.3, 0.4) is 0 Å². The molecule has 0 spiro atoms. The molecule has 4 heteroatoms. The van der Waals surface area contributed by atoms with E-state index < -0.39 is 0 Å². The first kappa shape index (κ1) is 30.3. The fraction of sp³-hybridized carbons (Fsp3) is 0.732. The first-order valence-corrected chi connectivity index (χ1v) is 18.6. The second-order valence-corrected chi connectivity index (χ2v) is 18.3. The molecule has 0 radical (unpaired) electrons. The monoisotopic (exact) mass is 609 g/mol. The summed E-state index contributed by atoms with van der Waals surface area (Å²) in [5.41, 5.74) is 6.67. The Morgan fingerprint density at radius 3 is 2.38 bits per heavy atom. The van der Waals surface area contributed by atoms with Crippen LogP contribution in [-0.4, -0.2) is 53.9 Å². The highest BCUT2D eigenvalue weighted by Crippen LogP contribution is 2.75. The molecule has 1 amide bonds. The SMILES string of the molecule is C[C@H]1[C@H](C)CC[C@]2(C(=O)N3CCN(C)CC3)CC[C@]3(C)C(=CC[C@@H]4[C@@]5(C)Cc6c([nH]c7ccccc67)C(C)(C)[C@@H]5CC[C@]43C)[C@@H]12. The number of H-pyrrole nitrogens is 1. The van der Waals surface area contributed by atoms with Crippen LogP contribution in [0, 0.1) is 51.2 Å². The molecule has 1 saturated heterocycles. The van der Waals surface area contributed by atoms with E-state index in [2.05, 4.69) is 101 Å². The Labute approximate surface area is 272 Å². The van der Waals surface area contributed by atoms with Crippen LogP contribution in [0.25, 0.3) is 10.9 Å². The van der Waals surface area contributed by atoms with Crippen molar-refractivity contribution in [1.29, 1.82) is 0 Å². The maximum atomic E-state index is 14.8. The van der Waals surface area contributed by atoms with Gasteiger partial charge in [0.1, 0.15) is 0 Å². The van der Waals surface area contributed by atoms with Crippen molar-refractivity contribution < 1.29 is 4.79 Å². The van der Waals surface area contributed by atoms with Gasteiger partial charge in [0.15, 0.2) is 0 Å². The van der Waals surface area contributed by atoms with E-state index in [1.165, 1.54) is 55.1 Å². The first-order chi connectivity index (χ1) is 21.3. The Morgan fingerprint density at radius 1 is 0.889 bits per heavy atom. The molecule has 4 nitrogen and oxygen atoms in total. The summed E-state index contributed by atoms with van der Waals surface area (Å²) in [4.78, 5) is 23.4. The maximum Gasteiger partial charge on any atom is 0.229 e. The van der Waals surface area contributed by atoms with Crippen LogP contribution in [0.15, 0.2) is 35.9 Å². The Bertz CT molecular complexity index is 1560. The highest BCUT2D eigenvalue weighted by atomic mass is 16.2. The molecule has 0 bridgehead atoms. The Hall–Kier alpha value is -2.07. The van der Waals surface area contributed by atoms with Gasteiger partial charge in [-0.05, 0) is 116 Å². The molecular formula is C41H59N3O. The number of aromatic nitrogens is 1. The summed E-state index contributed by atoms with van der Waals surface area (Å²) >= 11 is 0. The topological polar surface area (TPSA) is 39.3 Å².